The van der Waals surface area contributed by atoms with Gasteiger partial charge < -0.3 is 20.5 Å². The largest absolute Gasteiger partial charge is 0.480 e. The Kier molecular flexibility index (Phi) is 5.74. The van der Waals surface area contributed by atoms with Crippen molar-refractivity contribution in [1.29, 1.82) is 0 Å². The van der Waals surface area contributed by atoms with Gasteiger partial charge in [0.05, 0.1) is 6.54 Å². The standard InChI is InChI=1S/C19H24FN3O4/c20-16-9-14(22-19(12-24)6-3-17(25)21-11-19)1-2-15(16)13-4-7-23(8-5-13)10-18(26)27/h1-2,9,12-13,22H,3-8,10-11H2,(H,21,25)(H,26,27)/t19-/m1/s1. The molecule has 0 aromatic heterocycles. The third-order valence-electron chi connectivity index (χ3n) is 5.40. The molecule has 0 aliphatic carbocycles. The summed E-state index contributed by atoms with van der Waals surface area (Å²) in [5.41, 5.74) is 0.208. The number of aliphatic carboxylic acids is 1. The molecule has 0 spiro atoms. The number of benzene rings is 1. The molecule has 0 bridgehead atoms. The molecule has 2 aliphatic rings. The summed E-state index contributed by atoms with van der Waals surface area (Å²) in [6.45, 7) is 1.46. The van der Waals surface area contributed by atoms with Crippen LogP contribution in [-0.4, -0.2) is 59.9 Å². The number of carbonyl (C=O) groups excluding carboxylic acids is 2. The van der Waals surface area contributed by atoms with Crippen LogP contribution in [-0.2, 0) is 14.4 Å². The van der Waals surface area contributed by atoms with E-state index in [4.69, 9.17) is 5.11 Å². The van der Waals surface area contributed by atoms with Gasteiger partial charge in [-0.2, -0.15) is 0 Å². The number of anilines is 1. The quantitative estimate of drug-likeness (QED) is 0.648. The third kappa shape index (κ3) is 4.63. The molecule has 1 atom stereocenters. The van der Waals surface area contributed by atoms with E-state index in [1.165, 1.54) is 6.07 Å². The highest BCUT2D eigenvalue weighted by atomic mass is 19.1. The highest BCUT2D eigenvalue weighted by Crippen LogP contribution is 2.32. The van der Waals surface area contributed by atoms with Crippen LogP contribution in [0.2, 0.25) is 0 Å². The van der Waals surface area contributed by atoms with Gasteiger partial charge in [0.15, 0.2) is 0 Å². The zero-order valence-corrected chi connectivity index (χ0v) is 15.0. The van der Waals surface area contributed by atoms with Gasteiger partial charge in [-0.25, -0.2) is 4.39 Å². The molecular weight excluding hydrogens is 353 g/mol. The Labute approximate surface area is 156 Å². The van der Waals surface area contributed by atoms with Crippen LogP contribution in [0, 0.1) is 5.82 Å². The highest BCUT2D eigenvalue weighted by Gasteiger charge is 2.34. The van der Waals surface area contributed by atoms with Gasteiger partial charge in [0, 0.05) is 18.7 Å². The number of amides is 1. The number of hydrogen-bond donors (Lipinski definition) is 3. The van der Waals surface area contributed by atoms with Crippen molar-refractivity contribution >= 4 is 23.9 Å². The second-order valence-corrected chi connectivity index (χ2v) is 7.36. The number of aldehydes is 1. The van der Waals surface area contributed by atoms with Gasteiger partial charge in [-0.3, -0.25) is 14.5 Å². The van der Waals surface area contributed by atoms with Crippen molar-refractivity contribution in [2.75, 3.05) is 31.5 Å². The van der Waals surface area contributed by atoms with E-state index < -0.39 is 11.5 Å². The SMILES string of the molecule is O=C[C@@]1(Nc2ccc(C3CCN(CC(=O)O)CC3)c(F)c2)CCC(=O)NC1. The van der Waals surface area contributed by atoms with Crippen LogP contribution in [0.5, 0.6) is 0 Å². The number of nitrogens with zero attached hydrogens (tertiary/aromatic N) is 1. The molecule has 1 aromatic carbocycles. The number of carboxylic acid groups (broad SMARTS) is 1. The first-order chi connectivity index (χ1) is 12.9. The predicted octanol–water partition coefficient (Wildman–Crippen LogP) is 1.35. The molecule has 3 N–H and O–H groups in total. The van der Waals surface area contributed by atoms with E-state index in [0.717, 1.165) is 6.29 Å². The summed E-state index contributed by atoms with van der Waals surface area (Å²) in [5.74, 6) is -1.22. The van der Waals surface area contributed by atoms with Crippen LogP contribution in [0.1, 0.15) is 37.2 Å². The van der Waals surface area contributed by atoms with Crippen LogP contribution < -0.4 is 10.6 Å². The summed E-state index contributed by atoms with van der Waals surface area (Å²) in [5, 5.41) is 14.6. The van der Waals surface area contributed by atoms with Crippen molar-refractivity contribution < 1.29 is 23.9 Å². The highest BCUT2D eigenvalue weighted by molar-refractivity contribution is 5.82. The molecular formula is C19H24FN3O4. The Morgan fingerprint density at radius 1 is 1.41 bits per heavy atom. The minimum absolute atomic E-state index is 0.0162. The molecule has 8 heteroatoms. The third-order valence-corrected chi connectivity index (χ3v) is 5.40. The molecule has 1 aromatic rings. The number of hydrogen-bond acceptors (Lipinski definition) is 5. The van der Waals surface area contributed by atoms with E-state index in [9.17, 15) is 18.8 Å². The first-order valence-corrected chi connectivity index (χ1v) is 9.15. The molecule has 0 radical (unpaired) electrons. The van der Waals surface area contributed by atoms with E-state index in [2.05, 4.69) is 10.6 Å². The maximum Gasteiger partial charge on any atom is 0.317 e. The van der Waals surface area contributed by atoms with Crippen LogP contribution in [0.15, 0.2) is 18.2 Å². The Morgan fingerprint density at radius 2 is 2.15 bits per heavy atom. The molecule has 27 heavy (non-hydrogen) atoms. The Bertz CT molecular complexity index is 722. The van der Waals surface area contributed by atoms with Crippen LogP contribution >= 0.6 is 0 Å². The predicted molar refractivity (Wildman–Crippen MR) is 97.1 cm³/mol. The molecule has 3 rings (SSSR count). The number of carbonyl (C=O) groups is 3. The second kappa shape index (κ2) is 8.04. The Balaban J connectivity index is 1.65. The lowest BCUT2D eigenvalue weighted by molar-refractivity contribution is -0.138. The zero-order valence-electron chi connectivity index (χ0n) is 15.0. The number of halogens is 1. The first-order valence-electron chi connectivity index (χ1n) is 9.15. The number of piperidine rings is 2. The van der Waals surface area contributed by atoms with Crippen molar-refractivity contribution in [3.05, 3.63) is 29.6 Å². The molecule has 7 nitrogen and oxygen atoms in total. The average Bonchev–Trinajstić information content (AvgIpc) is 2.64. The first kappa shape index (κ1) is 19.3. The van der Waals surface area contributed by atoms with Gasteiger partial charge in [0.1, 0.15) is 17.6 Å². The number of rotatable bonds is 6. The summed E-state index contributed by atoms with van der Waals surface area (Å²) in [7, 11) is 0. The summed E-state index contributed by atoms with van der Waals surface area (Å²) >= 11 is 0. The summed E-state index contributed by atoms with van der Waals surface area (Å²) in [4.78, 5) is 35.5. The Hall–Kier alpha value is -2.48. The van der Waals surface area contributed by atoms with E-state index in [1.54, 1.807) is 12.1 Å². The number of likely N-dealkylation sites (tertiary alicyclic amines) is 1. The van der Waals surface area contributed by atoms with Crippen molar-refractivity contribution in [3.63, 3.8) is 0 Å². The fourth-order valence-corrected chi connectivity index (χ4v) is 3.82. The van der Waals surface area contributed by atoms with Gasteiger partial charge in [-0.1, -0.05) is 6.07 Å². The van der Waals surface area contributed by atoms with Crippen LogP contribution in [0.4, 0.5) is 10.1 Å². The molecule has 146 valence electrons. The normalized spacial score (nSPS) is 24.3. The smallest absolute Gasteiger partial charge is 0.317 e. The number of nitrogens with one attached hydrogen (secondary N) is 2. The van der Waals surface area contributed by atoms with E-state index in [1.807, 2.05) is 4.90 Å². The van der Waals surface area contributed by atoms with Crippen molar-refractivity contribution in [2.45, 2.75) is 37.1 Å². The minimum Gasteiger partial charge on any atom is -0.480 e. The van der Waals surface area contributed by atoms with Crippen LogP contribution in [0.25, 0.3) is 0 Å². The molecule has 0 saturated carbocycles. The second-order valence-electron chi connectivity index (χ2n) is 7.36. The summed E-state index contributed by atoms with van der Waals surface area (Å²) < 4.78 is 14.7. The zero-order chi connectivity index (χ0) is 19.4. The van der Waals surface area contributed by atoms with E-state index >= 15 is 0 Å². The van der Waals surface area contributed by atoms with Crippen molar-refractivity contribution in [2.24, 2.45) is 0 Å². The van der Waals surface area contributed by atoms with Crippen molar-refractivity contribution in [1.82, 2.24) is 10.2 Å². The fourth-order valence-electron chi connectivity index (χ4n) is 3.82. The van der Waals surface area contributed by atoms with E-state index in [-0.39, 0.29) is 37.2 Å². The summed E-state index contributed by atoms with van der Waals surface area (Å²) in [6, 6.07) is 4.87. The van der Waals surface area contributed by atoms with Crippen LogP contribution in [0.3, 0.4) is 0 Å². The topological polar surface area (TPSA) is 98.7 Å². The lowest BCUT2D eigenvalue weighted by Crippen LogP contribution is -2.54. The monoisotopic (exact) mass is 377 g/mol. The van der Waals surface area contributed by atoms with Gasteiger partial charge in [0.25, 0.3) is 0 Å². The Morgan fingerprint density at radius 3 is 2.70 bits per heavy atom. The average molecular weight is 377 g/mol. The lowest BCUT2D eigenvalue weighted by atomic mass is 9.88. The maximum atomic E-state index is 14.7. The minimum atomic E-state index is -0.913. The van der Waals surface area contributed by atoms with Gasteiger partial charge in [0.2, 0.25) is 5.91 Å². The fraction of sp³-hybridized carbons (Fsp3) is 0.526. The lowest BCUT2D eigenvalue weighted by Gasteiger charge is -2.34. The molecule has 2 aliphatic heterocycles. The van der Waals surface area contributed by atoms with E-state index in [0.29, 0.717) is 43.6 Å². The maximum absolute atomic E-state index is 14.7. The van der Waals surface area contributed by atoms with Gasteiger partial charge >= 0.3 is 5.97 Å². The van der Waals surface area contributed by atoms with Gasteiger partial charge in [-0.05, 0) is 56.0 Å². The number of carboxylic acids is 1. The van der Waals surface area contributed by atoms with Gasteiger partial charge in [-0.15, -0.1) is 0 Å². The molecule has 1 amide bonds. The molecule has 2 fully saturated rings. The molecule has 2 heterocycles. The molecule has 0 unspecified atom stereocenters. The van der Waals surface area contributed by atoms with Crippen molar-refractivity contribution in [3.8, 4) is 0 Å². The summed E-state index contributed by atoms with van der Waals surface area (Å²) in [6.07, 6.45) is 2.81. The molecule has 2 saturated heterocycles.